The van der Waals surface area contributed by atoms with Crippen molar-refractivity contribution in [2.45, 2.75) is 13.8 Å². The van der Waals surface area contributed by atoms with E-state index in [1.807, 2.05) is 12.1 Å². The molecule has 0 radical (unpaired) electrons. The van der Waals surface area contributed by atoms with Crippen LogP contribution < -0.4 is 5.32 Å². The summed E-state index contributed by atoms with van der Waals surface area (Å²) >= 11 is 0. The van der Waals surface area contributed by atoms with E-state index in [1.54, 1.807) is 18.5 Å². The second-order valence-corrected chi connectivity index (χ2v) is 4.85. The number of aryl methyl sites for hydroxylation is 2. The number of rotatable bonds is 2. The maximum atomic E-state index is 9.31. The van der Waals surface area contributed by atoms with Crippen LogP contribution in [0, 0.1) is 13.8 Å². The Hall–Kier alpha value is -2.62. The van der Waals surface area contributed by atoms with Gasteiger partial charge in [0, 0.05) is 11.1 Å². The van der Waals surface area contributed by atoms with Gasteiger partial charge in [-0.3, -0.25) is 0 Å². The van der Waals surface area contributed by atoms with Gasteiger partial charge in [-0.05, 0) is 61.4 Å². The number of phenols is 1. The second kappa shape index (κ2) is 4.81. The number of hydrogen-bond donors (Lipinski definition) is 2. The number of nitrogens with one attached hydrogen (secondary N) is 1. The molecule has 3 rings (SSSR count). The van der Waals surface area contributed by atoms with Crippen molar-refractivity contribution in [2.24, 2.45) is 0 Å². The van der Waals surface area contributed by atoms with Gasteiger partial charge in [0.25, 0.3) is 0 Å². The van der Waals surface area contributed by atoms with E-state index in [-0.39, 0.29) is 5.75 Å². The van der Waals surface area contributed by atoms with Crippen LogP contribution in [0.2, 0.25) is 0 Å². The molecule has 1 heterocycles. The lowest BCUT2D eigenvalue weighted by Gasteiger charge is -2.10. The van der Waals surface area contributed by atoms with Crippen molar-refractivity contribution in [1.29, 1.82) is 0 Å². The highest BCUT2D eigenvalue weighted by Crippen LogP contribution is 2.26. The molecule has 0 bridgehead atoms. The van der Waals surface area contributed by atoms with Crippen LogP contribution in [0.25, 0.3) is 10.9 Å². The molecule has 0 amide bonds. The molecule has 0 atom stereocenters. The number of nitrogens with zero attached hydrogens (tertiary/aromatic N) is 2. The van der Waals surface area contributed by atoms with Crippen molar-refractivity contribution < 1.29 is 5.11 Å². The molecule has 0 aliphatic carbocycles. The molecule has 100 valence electrons. The van der Waals surface area contributed by atoms with E-state index in [0.717, 1.165) is 22.4 Å². The number of anilines is 2. The quantitative estimate of drug-likeness (QED) is 0.694. The SMILES string of the molecule is Cc1cc2ncnc(Nc3ccc(O)cc3)c2cc1C. The molecule has 2 N–H and O–H groups in total. The van der Waals surface area contributed by atoms with E-state index in [4.69, 9.17) is 0 Å². The Kier molecular flexibility index (Phi) is 2.99. The Balaban J connectivity index is 2.07. The summed E-state index contributed by atoms with van der Waals surface area (Å²) in [4.78, 5) is 8.62. The molecule has 3 aromatic rings. The van der Waals surface area contributed by atoms with Gasteiger partial charge in [-0.25, -0.2) is 9.97 Å². The molecule has 4 heteroatoms. The van der Waals surface area contributed by atoms with Crippen LogP contribution in [0.4, 0.5) is 11.5 Å². The lowest BCUT2D eigenvalue weighted by Crippen LogP contribution is -1.96. The topological polar surface area (TPSA) is 58.0 Å². The van der Waals surface area contributed by atoms with Crippen LogP contribution in [-0.4, -0.2) is 15.1 Å². The molecule has 0 spiro atoms. The first-order chi connectivity index (χ1) is 9.63. The fraction of sp³-hybridized carbons (Fsp3) is 0.125. The zero-order chi connectivity index (χ0) is 14.1. The first-order valence-corrected chi connectivity index (χ1v) is 6.41. The molecule has 4 nitrogen and oxygen atoms in total. The largest absolute Gasteiger partial charge is 0.508 e. The van der Waals surface area contributed by atoms with Gasteiger partial charge in [0.05, 0.1) is 5.52 Å². The third-order valence-corrected chi connectivity index (χ3v) is 3.38. The molecule has 0 fully saturated rings. The van der Waals surface area contributed by atoms with Crippen LogP contribution in [0.15, 0.2) is 42.7 Å². The number of benzene rings is 2. The van der Waals surface area contributed by atoms with E-state index in [9.17, 15) is 5.11 Å². The van der Waals surface area contributed by atoms with Crippen molar-refractivity contribution in [3.63, 3.8) is 0 Å². The molecule has 0 aliphatic heterocycles. The molecular formula is C16H15N3O. The van der Waals surface area contributed by atoms with E-state index < -0.39 is 0 Å². The van der Waals surface area contributed by atoms with Gasteiger partial charge >= 0.3 is 0 Å². The number of fused-ring (bicyclic) bond motifs is 1. The highest BCUT2D eigenvalue weighted by Gasteiger charge is 2.06. The van der Waals surface area contributed by atoms with Crippen LogP contribution in [-0.2, 0) is 0 Å². The summed E-state index contributed by atoms with van der Waals surface area (Å²) in [6, 6.07) is 11.1. The minimum Gasteiger partial charge on any atom is -0.508 e. The Morgan fingerprint density at radius 1 is 0.950 bits per heavy atom. The van der Waals surface area contributed by atoms with Crippen LogP contribution in [0.5, 0.6) is 5.75 Å². The third-order valence-electron chi connectivity index (χ3n) is 3.38. The fourth-order valence-corrected chi connectivity index (χ4v) is 2.10. The minimum absolute atomic E-state index is 0.245. The first-order valence-electron chi connectivity index (χ1n) is 6.41. The summed E-state index contributed by atoms with van der Waals surface area (Å²) in [5.41, 5.74) is 4.22. The molecule has 1 aromatic heterocycles. The van der Waals surface area contributed by atoms with Gasteiger partial charge in [0.1, 0.15) is 17.9 Å². The molecular weight excluding hydrogens is 250 g/mol. The summed E-state index contributed by atoms with van der Waals surface area (Å²) in [5, 5.41) is 13.6. The summed E-state index contributed by atoms with van der Waals surface area (Å²) in [6.45, 7) is 4.15. The zero-order valence-electron chi connectivity index (χ0n) is 11.4. The van der Waals surface area contributed by atoms with E-state index in [1.165, 1.54) is 11.1 Å². The molecule has 0 saturated carbocycles. The summed E-state index contributed by atoms with van der Waals surface area (Å²) < 4.78 is 0. The normalized spacial score (nSPS) is 10.7. The first kappa shape index (κ1) is 12.4. The van der Waals surface area contributed by atoms with E-state index in [2.05, 4.69) is 41.3 Å². The lowest BCUT2D eigenvalue weighted by molar-refractivity contribution is 0.475. The number of hydrogen-bond acceptors (Lipinski definition) is 4. The van der Waals surface area contributed by atoms with Crippen molar-refractivity contribution in [2.75, 3.05) is 5.32 Å². The van der Waals surface area contributed by atoms with Crippen molar-refractivity contribution in [3.05, 3.63) is 53.9 Å². The van der Waals surface area contributed by atoms with Crippen LogP contribution >= 0.6 is 0 Å². The van der Waals surface area contributed by atoms with Gasteiger partial charge in [-0.15, -0.1) is 0 Å². The van der Waals surface area contributed by atoms with Crippen molar-refractivity contribution in [1.82, 2.24) is 9.97 Å². The van der Waals surface area contributed by atoms with Gasteiger partial charge in [0.2, 0.25) is 0 Å². The lowest BCUT2D eigenvalue weighted by atomic mass is 10.1. The standard InChI is InChI=1S/C16H15N3O/c1-10-7-14-15(8-11(10)2)17-9-18-16(14)19-12-3-5-13(20)6-4-12/h3-9,20H,1-2H3,(H,17,18,19). The Morgan fingerprint density at radius 3 is 2.40 bits per heavy atom. The Morgan fingerprint density at radius 2 is 1.65 bits per heavy atom. The number of aromatic nitrogens is 2. The predicted molar refractivity (Wildman–Crippen MR) is 80.4 cm³/mol. The third kappa shape index (κ3) is 2.28. The highest BCUT2D eigenvalue weighted by atomic mass is 16.3. The maximum absolute atomic E-state index is 9.31. The van der Waals surface area contributed by atoms with Crippen molar-refractivity contribution in [3.8, 4) is 5.75 Å². The Bertz CT molecular complexity index is 767. The molecule has 0 saturated heterocycles. The minimum atomic E-state index is 0.245. The fourth-order valence-electron chi connectivity index (χ4n) is 2.10. The smallest absolute Gasteiger partial charge is 0.141 e. The van der Waals surface area contributed by atoms with Crippen molar-refractivity contribution >= 4 is 22.4 Å². The average Bonchev–Trinajstić information content (AvgIpc) is 2.43. The molecule has 2 aromatic carbocycles. The summed E-state index contributed by atoms with van der Waals surface area (Å²) in [5.74, 6) is 1.01. The highest BCUT2D eigenvalue weighted by molar-refractivity contribution is 5.91. The average molecular weight is 265 g/mol. The molecule has 0 aliphatic rings. The van der Waals surface area contributed by atoms with E-state index >= 15 is 0 Å². The Labute approximate surface area is 117 Å². The maximum Gasteiger partial charge on any atom is 0.141 e. The van der Waals surface area contributed by atoms with Gasteiger partial charge in [-0.2, -0.15) is 0 Å². The van der Waals surface area contributed by atoms with Gasteiger partial charge in [0.15, 0.2) is 0 Å². The summed E-state index contributed by atoms with van der Waals surface area (Å²) in [6.07, 6.45) is 1.56. The van der Waals surface area contributed by atoms with Gasteiger partial charge in [-0.1, -0.05) is 0 Å². The van der Waals surface area contributed by atoms with Crippen LogP contribution in [0.1, 0.15) is 11.1 Å². The van der Waals surface area contributed by atoms with Crippen LogP contribution in [0.3, 0.4) is 0 Å². The predicted octanol–water partition coefficient (Wildman–Crippen LogP) is 3.70. The second-order valence-electron chi connectivity index (χ2n) is 4.85. The number of aromatic hydroxyl groups is 1. The van der Waals surface area contributed by atoms with E-state index in [0.29, 0.717) is 0 Å². The molecule has 0 unspecified atom stereocenters. The number of phenolic OH excluding ortho intramolecular Hbond substituents is 1. The monoisotopic (exact) mass is 265 g/mol. The summed E-state index contributed by atoms with van der Waals surface area (Å²) in [7, 11) is 0. The van der Waals surface area contributed by atoms with Gasteiger partial charge < -0.3 is 10.4 Å². The molecule has 20 heavy (non-hydrogen) atoms. The zero-order valence-corrected chi connectivity index (χ0v) is 11.4.